The summed E-state index contributed by atoms with van der Waals surface area (Å²) in [6, 6.07) is 3.73. The Morgan fingerprint density at radius 3 is 2.86 bits per heavy atom. The number of nitrogens with zero attached hydrogens (tertiary/aromatic N) is 3. The fourth-order valence-corrected chi connectivity index (χ4v) is 2.07. The summed E-state index contributed by atoms with van der Waals surface area (Å²) >= 11 is 7.34. The topological polar surface area (TPSA) is 30.7 Å². The van der Waals surface area contributed by atoms with E-state index in [4.69, 9.17) is 11.6 Å². The van der Waals surface area contributed by atoms with Crippen LogP contribution in [-0.2, 0) is 7.05 Å². The predicted molar refractivity (Wildman–Crippen MR) is 56.6 cm³/mol. The lowest BCUT2D eigenvalue weighted by molar-refractivity contribution is 0.790. The fraction of sp³-hybridized carbons (Fsp3) is 0.111. The first-order chi connectivity index (χ1) is 6.75. The van der Waals surface area contributed by atoms with E-state index < -0.39 is 0 Å². The number of rotatable bonds is 2. The van der Waals surface area contributed by atoms with Crippen molar-refractivity contribution in [2.75, 3.05) is 0 Å². The van der Waals surface area contributed by atoms with Crippen molar-refractivity contribution < 1.29 is 0 Å². The van der Waals surface area contributed by atoms with Crippen LogP contribution in [0.15, 0.2) is 40.8 Å². The smallest absolute Gasteiger partial charge is 0.172 e. The molecular weight excluding hydrogens is 218 g/mol. The lowest BCUT2D eigenvalue weighted by Crippen LogP contribution is -1.88. The van der Waals surface area contributed by atoms with Gasteiger partial charge >= 0.3 is 0 Å². The first kappa shape index (κ1) is 9.55. The maximum Gasteiger partial charge on any atom is 0.172 e. The number of aryl methyl sites for hydroxylation is 1. The minimum Gasteiger partial charge on any atom is -0.329 e. The summed E-state index contributed by atoms with van der Waals surface area (Å²) in [5.74, 6) is 0. The van der Waals surface area contributed by atoms with E-state index in [0.29, 0.717) is 5.15 Å². The predicted octanol–water partition coefficient (Wildman–Crippen LogP) is 2.62. The summed E-state index contributed by atoms with van der Waals surface area (Å²) in [5, 5.41) is 1.44. The minimum atomic E-state index is 0.504. The van der Waals surface area contributed by atoms with Gasteiger partial charge in [-0.15, -0.1) is 0 Å². The number of hydrogen-bond donors (Lipinski definition) is 0. The Bertz CT molecular complexity index is 441. The Morgan fingerprint density at radius 2 is 2.21 bits per heavy atom. The van der Waals surface area contributed by atoms with Crippen LogP contribution in [0.1, 0.15) is 0 Å². The van der Waals surface area contributed by atoms with Crippen molar-refractivity contribution >= 4 is 23.4 Å². The first-order valence-corrected chi connectivity index (χ1v) is 5.22. The third-order valence-electron chi connectivity index (χ3n) is 1.68. The van der Waals surface area contributed by atoms with Crippen molar-refractivity contribution in [1.29, 1.82) is 0 Å². The van der Waals surface area contributed by atoms with Gasteiger partial charge in [-0.25, -0.2) is 9.97 Å². The summed E-state index contributed by atoms with van der Waals surface area (Å²) in [6.07, 6.45) is 5.36. The van der Waals surface area contributed by atoms with Crippen molar-refractivity contribution in [3.05, 3.63) is 35.9 Å². The molecule has 0 unspecified atom stereocenters. The van der Waals surface area contributed by atoms with Gasteiger partial charge in [0.15, 0.2) is 5.16 Å². The lowest BCUT2D eigenvalue weighted by Gasteiger charge is -2.00. The summed E-state index contributed by atoms with van der Waals surface area (Å²) in [6.45, 7) is 0. The van der Waals surface area contributed by atoms with Crippen LogP contribution in [0.4, 0.5) is 0 Å². The SMILES string of the molecule is Cn1ccnc1Sc1ccnc(Cl)c1. The van der Waals surface area contributed by atoms with E-state index in [1.165, 1.54) is 0 Å². The van der Waals surface area contributed by atoms with Gasteiger partial charge in [0.1, 0.15) is 5.15 Å². The molecule has 2 aromatic heterocycles. The molecule has 2 rings (SSSR count). The van der Waals surface area contributed by atoms with Gasteiger partial charge in [0.25, 0.3) is 0 Å². The molecule has 3 nitrogen and oxygen atoms in total. The summed E-state index contributed by atoms with van der Waals surface area (Å²) < 4.78 is 1.96. The van der Waals surface area contributed by atoms with Crippen LogP contribution in [-0.4, -0.2) is 14.5 Å². The van der Waals surface area contributed by atoms with Crippen molar-refractivity contribution in [3.8, 4) is 0 Å². The van der Waals surface area contributed by atoms with E-state index in [1.54, 1.807) is 24.2 Å². The normalized spacial score (nSPS) is 10.4. The largest absolute Gasteiger partial charge is 0.329 e. The maximum absolute atomic E-state index is 5.77. The highest BCUT2D eigenvalue weighted by Gasteiger charge is 2.02. The average Bonchev–Trinajstić information content (AvgIpc) is 2.52. The van der Waals surface area contributed by atoms with Gasteiger partial charge in [0.05, 0.1) is 0 Å². The highest BCUT2D eigenvalue weighted by atomic mass is 35.5. The van der Waals surface area contributed by atoms with Crippen molar-refractivity contribution in [2.45, 2.75) is 10.1 Å². The van der Waals surface area contributed by atoms with E-state index in [9.17, 15) is 0 Å². The molecule has 0 N–H and O–H groups in total. The Labute approximate surface area is 91.1 Å². The van der Waals surface area contributed by atoms with E-state index in [1.807, 2.05) is 29.9 Å². The number of hydrogen-bond acceptors (Lipinski definition) is 3. The number of aromatic nitrogens is 3. The highest BCUT2D eigenvalue weighted by Crippen LogP contribution is 2.26. The molecule has 2 heterocycles. The lowest BCUT2D eigenvalue weighted by atomic mass is 10.5. The van der Waals surface area contributed by atoms with E-state index in [-0.39, 0.29) is 0 Å². The fourth-order valence-electron chi connectivity index (χ4n) is 1.00. The van der Waals surface area contributed by atoms with Crippen LogP contribution in [0.25, 0.3) is 0 Å². The molecule has 0 aromatic carbocycles. The molecule has 0 bridgehead atoms. The Morgan fingerprint density at radius 1 is 1.36 bits per heavy atom. The maximum atomic E-state index is 5.77. The molecule has 2 aromatic rings. The Balaban J connectivity index is 2.23. The molecule has 14 heavy (non-hydrogen) atoms. The van der Waals surface area contributed by atoms with Gasteiger partial charge in [-0.3, -0.25) is 0 Å². The van der Waals surface area contributed by atoms with Crippen molar-refractivity contribution in [1.82, 2.24) is 14.5 Å². The van der Waals surface area contributed by atoms with Gasteiger partial charge in [-0.1, -0.05) is 23.4 Å². The van der Waals surface area contributed by atoms with Gasteiger partial charge in [-0.05, 0) is 12.1 Å². The zero-order chi connectivity index (χ0) is 9.97. The Kier molecular flexibility index (Phi) is 2.74. The standard InChI is InChI=1S/C9H8ClN3S/c1-13-5-4-12-9(13)14-7-2-3-11-8(10)6-7/h2-6H,1H3. The zero-order valence-corrected chi connectivity index (χ0v) is 9.09. The second-order valence-corrected chi connectivity index (χ2v) is 4.16. The van der Waals surface area contributed by atoms with E-state index >= 15 is 0 Å². The number of pyridine rings is 1. The average molecular weight is 226 g/mol. The van der Waals surface area contributed by atoms with Crippen LogP contribution in [0.5, 0.6) is 0 Å². The van der Waals surface area contributed by atoms with E-state index in [2.05, 4.69) is 9.97 Å². The quantitative estimate of drug-likeness (QED) is 0.737. The molecule has 72 valence electrons. The molecule has 0 spiro atoms. The third kappa shape index (κ3) is 2.08. The van der Waals surface area contributed by atoms with Gasteiger partial charge < -0.3 is 4.57 Å². The van der Waals surface area contributed by atoms with Crippen LogP contribution >= 0.6 is 23.4 Å². The monoisotopic (exact) mass is 225 g/mol. The zero-order valence-electron chi connectivity index (χ0n) is 7.51. The van der Waals surface area contributed by atoms with Gasteiger partial charge in [-0.2, -0.15) is 0 Å². The third-order valence-corrected chi connectivity index (χ3v) is 2.96. The molecule has 0 fully saturated rings. The summed E-state index contributed by atoms with van der Waals surface area (Å²) in [4.78, 5) is 9.16. The molecule has 0 amide bonds. The van der Waals surface area contributed by atoms with Crippen molar-refractivity contribution in [3.63, 3.8) is 0 Å². The molecule has 0 saturated heterocycles. The number of imidazole rings is 1. The van der Waals surface area contributed by atoms with Crippen LogP contribution in [0.2, 0.25) is 5.15 Å². The van der Waals surface area contributed by atoms with Gasteiger partial charge in [0.2, 0.25) is 0 Å². The molecule has 0 atom stereocenters. The Hall–Kier alpha value is -1.00. The van der Waals surface area contributed by atoms with Crippen LogP contribution < -0.4 is 0 Å². The molecule has 0 aliphatic rings. The molecular formula is C9H8ClN3S. The number of halogens is 1. The minimum absolute atomic E-state index is 0.504. The van der Waals surface area contributed by atoms with Crippen molar-refractivity contribution in [2.24, 2.45) is 7.05 Å². The molecule has 0 radical (unpaired) electrons. The highest BCUT2D eigenvalue weighted by molar-refractivity contribution is 7.99. The molecule has 0 saturated carbocycles. The summed E-state index contributed by atoms with van der Waals surface area (Å²) in [5.41, 5.74) is 0. The van der Waals surface area contributed by atoms with Gasteiger partial charge in [0, 0.05) is 30.5 Å². The second kappa shape index (κ2) is 4.02. The van der Waals surface area contributed by atoms with Crippen LogP contribution in [0.3, 0.4) is 0 Å². The molecule has 5 heteroatoms. The summed E-state index contributed by atoms with van der Waals surface area (Å²) in [7, 11) is 1.96. The van der Waals surface area contributed by atoms with E-state index in [0.717, 1.165) is 10.1 Å². The second-order valence-electron chi connectivity index (χ2n) is 2.74. The first-order valence-electron chi connectivity index (χ1n) is 4.02. The molecule has 0 aliphatic heterocycles. The molecule has 0 aliphatic carbocycles. The van der Waals surface area contributed by atoms with Crippen LogP contribution in [0, 0.1) is 0 Å².